The van der Waals surface area contributed by atoms with Crippen LogP contribution in [0.15, 0.2) is 29.5 Å². The predicted octanol–water partition coefficient (Wildman–Crippen LogP) is 2.44. The number of ether oxygens (including phenoxy) is 2. The van der Waals surface area contributed by atoms with Gasteiger partial charge in [-0.05, 0) is 38.8 Å². The molecule has 0 saturated carbocycles. The number of anilines is 1. The van der Waals surface area contributed by atoms with E-state index >= 15 is 0 Å². The van der Waals surface area contributed by atoms with Crippen LogP contribution in [-0.4, -0.2) is 42.4 Å². The largest absolute Gasteiger partial charge is 0.476 e. The molecule has 0 unspecified atom stereocenters. The van der Waals surface area contributed by atoms with E-state index in [0.29, 0.717) is 12.1 Å². The summed E-state index contributed by atoms with van der Waals surface area (Å²) in [5.41, 5.74) is 5.26. The average molecular weight is 414 g/mol. The minimum atomic E-state index is -0.733. The van der Waals surface area contributed by atoms with Crippen LogP contribution in [0.4, 0.5) is 10.5 Å². The average Bonchev–Trinajstić information content (AvgIpc) is 3.01. The highest BCUT2D eigenvalue weighted by molar-refractivity contribution is 5.87. The number of carbonyl (C=O) groups excluding carboxylic acids is 1. The molecule has 0 bridgehead atoms. The Hall–Kier alpha value is -3.43. The predicted molar refractivity (Wildman–Crippen MR) is 112 cm³/mol. The Bertz CT molecular complexity index is 1130. The van der Waals surface area contributed by atoms with Gasteiger partial charge in [0.2, 0.25) is 5.88 Å². The van der Waals surface area contributed by atoms with Gasteiger partial charge >= 0.3 is 6.09 Å². The molecule has 3 heterocycles. The minimum Gasteiger partial charge on any atom is -0.476 e. The highest BCUT2D eigenvalue weighted by Gasteiger charge is 2.26. The first kappa shape index (κ1) is 21.3. The van der Waals surface area contributed by atoms with Crippen molar-refractivity contribution in [1.29, 1.82) is 0 Å². The Kier molecular flexibility index (Phi) is 5.77. The summed E-state index contributed by atoms with van der Waals surface area (Å²) in [5, 5.41) is 0. The Morgan fingerprint density at radius 3 is 2.67 bits per heavy atom. The Morgan fingerprint density at radius 1 is 1.27 bits per heavy atom. The van der Waals surface area contributed by atoms with E-state index < -0.39 is 11.7 Å². The van der Waals surface area contributed by atoms with E-state index in [4.69, 9.17) is 15.2 Å². The number of nitrogen functional groups attached to an aromatic ring is 1. The van der Waals surface area contributed by atoms with Crippen LogP contribution in [0.25, 0.3) is 11.2 Å². The molecule has 2 N–H and O–H groups in total. The molecule has 0 amide bonds. The van der Waals surface area contributed by atoms with Crippen molar-refractivity contribution in [3.63, 3.8) is 0 Å². The van der Waals surface area contributed by atoms with Crippen molar-refractivity contribution in [1.82, 2.24) is 24.1 Å². The molecule has 30 heavy (non-hydrogen) atoms. The van der Waals surface area contributed by atoms with Crippen LogP contribution in [0.3, 0.4) is 0 Å². The van der Waals surface area contributed by atoms with E-state index in [1.165, 1.54) is 21.5 Å². The van der Waals surface area contributed by atoms with Gasteiger partial charge in [-0.3, -0.25) is 4.79 Å². The summed E-state index contributed by atoms with van der Waals surface area (Å²) in [4.78, 5) is 38.2. The quantitative estimate of drug-likeness (QED) is 0.674. The van der Waals surface area contributed by atoms with Gasteiger partial charge in [0.15, 0.2) is 11.2 Å². The number of aromatic nitrogens is 5. The maximum atomic E-state index is 13.0. The number of hydrogen-bond donors (Lipinski definition) is 1. The van der Waals surface area contributed by atoms with Gasteiger partial charge in [-0.2, -0.15) is 4.98 Å². The van der Waals surface area contributed by atoms with Crippen molar-refractivity contribution in [2.75, 3.05) is 12.3 Å². The Morgan fingerprint density at radius 2 is 2.00 bits per heavy atom. The molecule has 3 rings (SSSR count). The molecule has 0 saturated heterocycles. The number of nitrogens with two attached hydrogens (primary N) is 1. The monoisotopic (exact) mass is 414 g/mol. The standard InChI is InChI=1S/C20H26N6O4/c1-12(2)10-29-17-15-16(22-11-23-17)26(19(28)30-20(3,4)5)14(24-15)9-25-8-6-7-13(21)18(25)27/h6-8,11-12H,9-10,21H2,1-5H3. The van der Waals surface area contributed by atoms with Crippen LogP contribution in [0.2, 0.25) is 0 Å². The first-order valence-corrected chi connectivity index (χ1v) is 9.60. The topological polar surface area (TPSA) is 127 Å². The third-order valence-corrected chi connectivity index (χ3v) is 3.97. The molecule has 0 radical (unpaired) electrons. The van der Waals surface area contributed by atoms with Crippen LogP contribution in [0.1, 0.15) is 40.4 Å². The molecule has 0 aliphatic rings. The van der Waals surface area contributed by atoms with Gasteiger partial charge in [0.05, 0.1) is 18.8 Å². The minimum absolute atomic E-state index is 0.0108. The number of nitrogens with zero attached hydrogens (tertiary/aromatic N) is 5. The smallest absolute Gasteiger partial charge is 0.421 e. The summed E-state index contributed by atoms with van der Waals surface area (Å²) in [6, 6.07) is 3.16. The van der Waals surface area contributed by atoms with Crippen molar-refractivity contribution < 1.29 is 14.3 Å². The summed E-state index contributed by atoms with van der Waals surface area (Å²) < 4.78 is 13.9. The maximum Gasteiger partial charge on any atom is 0.421 e. The van der Waals surface area contributed by atoms with Gasteiger partial charge in [0.1, 0.15) is 17.8 Å². The molecule has 10 heteroatoms. The molecule has 160 valence electrons. The molecule has 0 aliphatic carbocycles. The van der Waals surface area contributed by atoms with E-state index in [1.54, 1.807) is 33.0 Å². The number of imidazole rings is 1. The van der Waals surface area contributed by atoms with Gasteiger partial charge in [0, 0.05) is 6.20 Å². The fourth-order valence-electron chi connectivity index (χ4n) is 2.71. The maximum absolute atomic E-state index is 13.0. The van der Waals surface area contributed by atoms with Crippen LogP contribution in [-0.2, 0) is 11.3 Å². The second-order valence-corrected chi connectivity index (χ2v) is 8.30. The van der Waals surface area contributed by atoms with Gasteiger partial charge < -0.3 is 19.8 Å². The second-order valence-electron chi connectivity index (χ2n) is 8.30. The number of carbonyl (C=O) groups is 1. The molecule has 3 aromatic heterocycles. The lowest BCUT2D eigenvalue weighted by Crippen LogP contribution is -2.30. The third-order valence-electron chi connectivity index (χ3n) is 3.97. The lowest BCUT2D eigenvalue weighted by atomic mass is 10.2. The lowest BCUT2D eigenvalue weighted by molar-refractivity contribution is 0.0537. The van der Waals surface area contributed by atoms with Gasteiger partial charge in [-0.25, -0.2) is 19.3 Å². The van der Waals surface area contributed by atoms with Gasteiger partial charge in [-0.1, -0.05) is 13.8 Å². The second kappa shape index (κ2) is 8.13. The van der Waals surface area contributed by atoms with Crippen molar-refractivity contribution in [3.8, 4) is 5.88 Å². The van der Waals surface area contributed by atoms with E-state index in [1.807, 2.05) is 13.8 Å². The zero-order valence-electron chi connectivity index (χ0n) is 17.7. The van der Waals surface area contributed by atoms with Crippen LogP contribution in [0, 0.1) is 5.92 Å². The molecular formula is C20H26N6O4. The van der Waals surface area contributed by atoms with E-state index in [2.05, 4.69) is 15.0 Å². The Labute approximate surface area is 173 Å². The van der Waals surface area contributed by atoms with Crippen molar-refractivity contribution >= 4 is 22.9 Å². The summed E-state index contributed by atoms with van der Waals surface area (Å²) in [6.07, 6.45) is 2.21. The number of fused-ring (bicyclic) bond motifs is 1. The molecule has 0 atom stereocenters. The summed E-state index contributed by atoms with van der Waals surface area (Å²) in [6.45, 7) is 9.72. The summed E-state index contributed by atoms with van der Waals surface area (Å²) in [7, 11) is 0. The van der Waals surface area contributed by atoms with Crippen LogP contribution < -0.4 is 16.0 Å². The molecule has 0 fully saturated rings. The summed E-state index contributed by atoms with van der Waals surface area (Å²) in [5.74, 6) is 0.785. The SMILES string of the molecule is CC(C)COc1ncnc2c1nc(Cn1cccc(N)c1=O)n2C(=O)OC(C)(C)C. The highest BCUT2D eigenvalue weighted by atomic mass is 16.6. The van der Waals surface area contributed by atoms with E-state index in [9.17, 15) is 9.59 Å². The number of rotatable bonds is 5. The molecule has 3 aromatic rings. The number of hydrogen-bond acceptors (Lipinski definition) is 8. The first-order chi connectivity index (χ1) is 14.1. The fraction of sp³-hybridized carbons (Fsp3) is 0.450. The van der Waals surface area contributed by atoms with E-state index in [-0.39, 0.29) is 41.1 Å². The highest BCUT2D eigenvalue weighted by Crippen LogP contribution is 2.24. The number of pyridine rings is 1. The normalized spacial score (nSPS) is 11.8. The zero-order valence-corrected chi connectivity index (χ0v) is 17.7. The first-order valence-electron chi connectivity index (χ1n) is 9.60. The van der Waals surface area contributed by atoms with Crippen LogP contribution in [0.5, 0.6) is 5.88 Å². The van der Waals surface area contributed by atoms with E-state index in [0.717, 1.165) is 0 Å². The fourth-order valence-corrected chi connectivity index (χ4v) is 2.71. The van der Waals surface area contributed by atoms with Crippen molar-refractivity contribution in [2.45, 2.75) is 46.8 Å². The summed E-state index contributed by atoms with van der Waals surface area (Å²) >= 11 is 0. The van der Waals surface area contributed by atoms with Gasteiger partial charge in [0.25, 0.3) is 5.56 Å². The van der Waals surface area contributed by atoms with Gasteiger partial charge in [-0.15, -0.1) is 0 Å². The molecular weight excluding hydrogens is 388 g/mol. The molecule has 0 spiro atoms. The van der Waals surface area contributed by atoms with Crippen molar-refractivity contribution in [2.24, 2.45) is 5.92 Å². The Balaban J connectivity index is 2.14. The molecule has 10 nitrogen and oxygen atoms in total. The van der Waals surface area contributed by atoms with Crippen molar-refractivity contribution in [3.05, 3.63) is 40.8 Å². The van der Waals surface area contributed by atoms with Crippen LogP contribution >= 0.6 is 0 Å². The third kappa shape index (κ3) is 4.58. The molecule has 0 aromatic carbocycles. The molecule has 0 aliphatic heterocycles. The lowest BCUT2D eigenvalue weighted by Gasteiger charge is -2.20. The zero-order chi connectivity index (χ0) is 22.1.